The first-order valence-electron chi connectivity index (χ1n) is 8.75. The van der Waals surface area contributed by atoms with E-state index in [1.165, 1.54) is 6.20 Å². The van der Waals surface area contributed by atoms with Gasteiger partial charge in [-0.3, -0.25) is 9.59 Å². The fraction of sp³-hybridized carbons (Fsp3) is 0.647. The molecule has 0 bridgehead atoms. The van der Waals surface area contributed by atoms with Crippen molar-refractivity contribution in [3.63, 3.8) is 0 Å². The van der Waals surface area contributed by atoms with Crippen molar-refractivity contribution in [2.24, 2.45) is 5.92 Å². The van der Waals surface area contributed by atoms with E-state index in [0.29, 0.717) is 38.5 Å². The van der Waals surface area contributed by atoms with Gasteiger partial charge in [-0.1, -0.05) is 11.6 Å². The summed E-state index contributed by atoms with van der Waals surface area (Å²) in [4.78, 5) is 36.8. The third-order valence-corrected chi connectivity index (χ3v) is 4.66. The molecule has 1 fully saturated rings. The molecule has 1 aliphatic rings. The Hall–Kier alpha value is -1.89. The number of esters is 1. The maximum atomic E-state index is 12.8. The Morgan fingerprint density at radius 2 is 1.92 bits per heavy atom. The summed E-state index contributed by atoms with van der Waals surface area (Å²) >= 11 is 6.16. The summed E-state index contributed by atoms with van der Waals surface area (Å²) < 4.78 is 5.06. The summed E-state index contributed by atoms with van der Waals surface area (Å²) in [6.07, 6.45) is 2.66. The van der Waals surface area contributed by atoms with Crippen molar-refractivity contribution in [2.75, 3.05) is 37.7 Å². The van der Waals surface area contributed by atoms with E-state index < -0.39 is 0 Å². The predicted octanol–water partition coefficient (Wildman–Crippen LogP) is 2.39. The molecule has 0 aromatic carbocycles. The number of halogens is 1. The average Bonchev–Trinajstić information content (AvgIpc) is 2.63. The standard InChI is InChI=1S/C17H25ClN4O3/c1-4-21(5-2)17-19-11-13(18)14(20-17)15(23)22-9-7-12(8-10-22)16(24)25-6-3/h11-12H,4-10H2,1-3H3. The third-order valence-electron chi connectivity index (χ3n) is 4.38. The minimum atomic E-state index is -0.219. The molecule has 1 saturated heterocycles. The van der Waals surface area contributed by atoms with E-state index in [-0.39, 0.29) is 28.5 Å². The quantitative estimate of drug-likeness (QED) is 0.717. The molecule has 1 amide bonds. The number of hydrogen-bond donors (Lipinski definition) is 0. The van der Waals surface area contributed by atoms with Gasteiger partial charge in [0.1, 0.15) is 0 Å². The molecule has 138 valence electrons. The van der Waals surface area contributed by atoms with Gasteiger partial charge >= 0.3 is 5.97 Å². The van der Waals surface area contributed by atoms with Crippen LogP contribution in [0.4, 0.5) is 5.95 Å². The number of piperidine rings is 1. The van der Waals surface area contributed by atoms with Crippen molar-refractivity contribution in [3.05, 3.63) is 16.9 Å². The number of amides is 1. The van der Waals surface area contributed by atoms with Gasteiger partial charge in [-0.05, 0) is 33.6 Å². The van der Waals surface area contributed by atoms with E-state index in [1.54, 1.807) is 11.8 Å². The third kappa shape index (κ3) is 4.60. The van der Waals surface area contributed by atoms with Crippen LogP contribution >= 0.6 is 11.6 Å². The highest BCUT2D eigenvalue weighted by atomic mass is 35.5. The molecular formula is C17H25ClN4O3. The predicted molar refractivity (Wildman–Crippen MR) is 95.9 cm³/mol. The zero-order valence-corrected chi connectivity index (χ0v) is 15.8. The smallest absolute Gasteiger partial charge is 0.309 e. The number of carbonyl (C=O) groups excluding carboxylic acids is 2. The zero-order valence-electron chi connectivity index (χ0n) is 15.0. The second-order valence-electron chi connectivity index (χ2n) is 5.86. The highest BCUT2D eigenvalue weighted by molar-refractivity contribution is 6.33. The van der Waals surface area contributed by atoms with Crippen LogP contribution in [-0.2, 0) is 9.53 Å². The number of aromatic nitrogens is 2. The van der Waals surface area contributed by atoms with Crippen LogP contribution in [0.25, 0.3) is 0 Å². The monoisotopic (exact) mass is 368 g/mol. The van der Waals surface area contributed by atoms with Crippen LogP contribution in [0.15, 0.2) is 6.20 Å². The van der Waals surface area contributed by atoms with E-state index >= 15 is 0 Å². The highest BCUT2D eigenvalue weighted by Crippen LogP contribution is 2.23. The second kappa shape index (κ2) is 8.99. The fourth-order valence-corrected chi connectivity index (χ4v) is 3.07. The van der Waals surface area contributed by atoms with Crippen LogP contribution in [0.5, 0.6) is 0 Å². The second-order valence-corrected chi connectivity index (χ2v) is 6.26. The molecule has 1 aromatic rings. The first-order chi connectivity index (χ1) is 12.0. The summed E-state index contributed by atoms with van der Waals surface area (Å²) in [5.74, 6) is -0.0446. The topological polar surface area (TPSA) is 75.6 Å². The normalized spacial score (nSPS) is 15.1. The van der Waals surface area contributed by atoms with Crippen molar-refractivity contribution >= 4 is 29.4 Å². The van der Waals surface area contributed by atoms with Crippen LogP contribution < -0.4 is 4.90 Å². The Bertz CT molecular complexity index is 614. The van der Waals surface area contributed by atoms with Crippen molar-refractivity contribution in [1.82, 2.24) is 14.9 Å². The fourth-order valence-electron chi connectivity index (χ4n) is 2.89. The van der Waals surface area contributed by atoms with Crippen LogP contribution in [-0.4, -0.2) is 59.5 Å². The van der Waals surface area contributed by atoms with Gasteiger partial charge in [0.05, 0.1) is 23.7 Å². The van der Waals surface area contributed by atoms with Gasteiger partial charge in [0, 0.05) is 26.2 Å². The van der Waals surface area contributed by atoms with Crippen molar-refractivity contribution in [2.45, 2.75) is 33.6 Å². The Morgan fingerprint density at radius 3 is 2.48 bits per heavy atom. The number of likely N-dealkylation sites (tertiary alicyclic amines) is 1. The van der Waals surface area contributed by atoms with Gasteiger partial charge in [-0.15, -0.1) is 0 Å². The Balaban J connectivity index is 2.08. The van der Waals surface area contributed by atoms with Gasteiger partial charge < -0.3 is 14.5 Å². The van der Waals surface area contributed by atoms with Gasteiger partial charge in [-0.25, -0.2) is 9.97 Å². The largest absolute Gasteiger partial charge is 0.466 e. The highest BCUT2D eigenvalue weighted by Gasteiger charge is 2.30. The summed E-state index contributed by atoms with van der Waals surface area (Å²) in [7, 11) is 0. The number of ether oxygens (including phenoxy) is 1. The van der Waals surface area contributed by atoms with E-state index in [9.17, 15) is 9.59 Å². The summed E-state index contributed by atoms with van der Waals surface area (Å²) in [5.41, 5.74) is 0.216. The molecule has 0 radical (unpaired) electrons. The molecule has 8 heteroatoms. The molecule has 0 aliphatic carbocycles. The van der Waals surface area contributed by atoms with Gasteiger partial charge in [-0.2, -0.15) is 0 Å². The molecule has 0 saturated carbocycles. The Kier molecular flexibility index (Phi) is 6.99. The van der Waals surface area contributed by atoms with Crippen LogP contribution in [0.2, 0.25) is 5.02 Å². The van der Waals surface area contributed by atoms with Crippen molar-refractivity contribution in [1.29, 1.82) is 0 Å². The van der Waals surface area contributed by atoms with Crippen molar-refractivity contribution < 1.29 is 14.3 Å². The summed E-state index contributed by atoms with van der Waals surface area (Å²) in [5, 5.41) is 0.244. The molecule has 25 heavy (non-hydrogen) atoms. The maximum Gasteiger partial charge on any atom is 0.309 e. The molecular weight excluding hydrogens is 344 g/mol. The first kappa shape index (κ1) is 19.4. The number of anilines is 1. The molecule has 7 nitrogen and oxygen atoms in total. The van der Waals surface area contributed by atoms with E-state index in [0.717, 1.165) is 13.1 Å². The molecule has 0 unspecified atom stereocenters. The molecule has 0 spiro atoms. The number of nitrogens with zero attached hydrogens (tertiary/aromatic N) is 4. The van der Waals surface area contributed by atoms with E-state index in [1.807, 2.05) is 18.7 Å². The maximum absolute atomic E-state index is 12.8. The molecule has 1 aliphatic heterocycles. The molecule has 2 rings (SSSR count). The van der Waals surface area contributed by atoms with Crippen molar-refractivity contribution in [3.8, 4) is 0 Å². The van der Waals surface area contributed by atoms with Gasteiger partial charge in [0.2, 0.25) is 5.95 Å². The first-order valence-corrected chi connectivity index (χ1v) is 9.12. The average molecular weight is 369 g/mol. The Labute approximate surface area is 153 Å². The lowest BCUT2D eigenvalue weighted by Gasteiger charge is -2.31. The minimum absolute atomic E-state index is 0.142. The van der Waals surface area contributed by atoms with E-state index in [2.05, 4.69) is 9.97 Å². The number of carbonyl (C=O) groups is 2. The molecule has 0 N–H and O–H groups in total. The molecule has 1 aromatic heterocycles. The molecule has 2 heterocycles. The van der Waals surface area contributed by atoms with Gasteiger partial charge in [0.15, 0.2) is 5.69 Å². The lowest BCUT2D eigenvalue weighted by Crippen LogP contribution is -2.41. The van der Waals surface area contributed by atoms with E-state index in [4.69, 9.17) is 16.3 Å². The van der Waals surface area contributed by atoms with Crippen LogP contribution in [0, 0.1) is 5.92 Å². The molecule has 0 atom stereocenters. The summed E-state index contributed by atoms with van der Waals surface area (Å²) in [6.45, 7) is 8.65. The number of rotatable bonds is 6. The van der Waals surface area contributed by atoms with Crippen LogP contribution in [0.1, 0.15) is 44.1 Å². The minimum Gasteiger partial charge on any atom is -0.466 e. The summed E-state index contributed by atoms with van der Waals surface area (Å²) in [6, 6.07) is 0. The number of hydrogen-bond acceptors (Lipinski definition) is 6. The lowest BCUT2D eigenvalue weighted by molar-refractivity contribution is -0.149. The zero-order chi connectivity index (χ0) is 18.4. The SMILES string of the molecule is CCOC(=O)C1CCN(C(=O)c2nc(N(CC)CC)ncc2Cl)CC1. The Morgan fingerprint density at radius 1 is 1.28 bits per heavy atom. The lowest BCUT2D eigenvalue weighted by atomic mass is 9.97. The van der Waals surface area contributed by atoms with Gasteiger partial charge in [0.25, 0.3) is 5.91 Å². The van der Waals surface area contributed by atoms with Crippen LogP contribution in [0.3, 0.4) is 0 Å².